The average Bonchev–Trinajstić information content (AvgIpc) is 3.19. The molecule has 4 unspecified atom stereocenters. The number of nitrogens with two attached hydrogens (primary N) is 2. The molecular formula is C17H31N5O6S. The summed E-state index contributed by atoms with van der Waals surface area (Å²) in [6.07, 6.45) is 2.45. The fourth-order valence-corrected chi connectivity index (χ4v) is 3.33. The molecular weight excluding hydrogens is 402 g/mol. The Morgan fingerprint density at radius 1 is 1.17 bits per heavy atom. The van der Waals surface area contributed by atoms with Crippen molar-refractivity contribution in [2.45, 2.75) is 56.3 Å². The Morgan fingerprint density at radius 2 is 1.86 bits per heavy atom. The van der Waals surface area contributed by atoms with E-state index in [0.29, 0.717) is 38.8 Å². The normalized spacial score (nSPS) is 19.3. The highest BCUT2D eigenvalue weighted by molar-refractivity contribution is 7.80. The Hall–Kier alpha value is -1.89. The molecule has 166 valence electrons. The van der Waals surface area contributed by atoms with Crippen molar-refractivity contribution < 1.29 is 29.4 Å². The molecule has 1 aliphatic rings. The summed E-state index contributed by atoms with van der Waals surface area (Å²) in [5.41, 5.74) is 11.1. The predicted molar refractivity (Wildman–Crippen MR) is 108 cm³/mol. The number of nitrogens with zero attached hydrogens (tertiary/aromatic N) is 1. The number of rotatable bonds is 12. The van der Waals surface area contributed by atoms with Crippen LogP contribution in [0.25, 0.3) is 0 Å². The third-order valence-electron chi connectivity index (χ3n) is 4.73. The Bertz CT molecular complexity index is 593. The van der Waals surface area contributed by atoms with Crippen LogP contribution in [-0.4, -0.2) is 88.4 Å². The lowest BCUT2D eigenvalue weighted by Crippen LogP contribution is -2.57. The second-order valence-corrected chi connectivity index (χ2v) is 7.27. The summed E-state index contributed by atoms with van der Waals surface area (Å²) in [6, 6.07) is -4.07. The monoisotopic (exact) mass is 433 g/mol. The molecule has 1 saturated heterocycles. The maximum absolute atomic E-state index is 12.8. The number of carboxylic acid groups (broad SMARTS) is 1. The molecule has 0 spiro atoms. The number of aliphatic hydroxyl groups excluding tert-OH is 1. The zero-order chi connectivity index (χ0) is 22.0. The largest absolute Gasteiger partial charge is 0.480 e. The van der Waals surface area contributed by atoms with Crippen LogP contribution in [0.3, 0.4) is 0 Å². The molecule has 1 aliphatic heterocycles. The lowest BCUT2D eigenvalue weighted by atomic mass is 10.1. The smallest absolute Gasteiger partial charge is 0.327 e. The van der Waals surface area contributed by atoms with Crippen LogP contribution >= 0.6 is 12.6 Å². The number of carbonyl (C=O) groups is 4. The summed E-state index contributed by atoms with van der Waals surface area (Å²) in [7, 11) is 0. The Labute approximate surface area is 175 Å². The molecule has 0 radical (unpaired) electrons. The van der Waals surface area contributed by atoms with E-state index < -0.39 is 54.5 Å². The molecule has 0 aromatic rings. The molecule has 1 fully saturated rings. The molecule has 1 rings (SSSR count). The van der Waals surface area contributed by atoms with Gasteiger partial charge in [-0.3, -0.25) is 14.4 Å². The van der Waals surface area contributed by atoms with Crippen molar-refractivity contribution in [3.8, 4) is 0 Å². The number of hydrogen-bond donors (Lipinski definition) is 7. The fraction of sp³-hybridized carbons (Fsp3) is 0.765. The minimum absolute atomic E-state index is 0.103. The van der Waals surface area contributed by atoms with Gasteiger partial charge in [0.05, 0.1) is 6.61 Å². The van der Waals surface area contributed by atoms with Crippen LogP contribution in [-0.2, 0) is 19.2 Å². The first-order valence-electron chi connectivity index (χ1n) is 9.58. The summed E-state index contributed by atoms with van der Waals surface area (Å²) in [5, 5.41) is 23.2. The van der Waals surface area contributed by atoms with E-state index in [9.17, 15) is 19.2 Å². The lowest BCUT2D eigenvalue weighted by molar-refractivity contribution is -0.142. The number of aliphatic hydroxyl groups is 1. The maximum atomic E-state index is 12.8. The van der Waals surface area contributed by atoms with Crippen molar-refractivity contribution in [2.24, 2.45) is 11.5 Å². The van der Waals surface area contributed by atoms with Crippen LogP contribution < -0.4 is 22.1 Å². The average molecular weight is 434 g/mol. The maximum Gasteiger partial charge on any atom is 0.327 e. The SMILES string of the molecule is NCCCCC(NC(=O)C1CCCN1C(=O)C(N)CO)C(=O)NC(CS)C(=O)O. The van der Waals surface area contributed by atoms with E-state index in [2.05, 4.69) is 23.3 Å². The Balaban J connectivity index is 2.85. The molecule has 0 bridgehead atoms. The molecule has 11 nitrogen and oxygen atoms in total. The number of amides is 3. The van der Waals surface area contributed by atoms with Crippen LogP contribution in [0, 0.1) is 0 Å². The predicted octanol–water partition coefficient (Wildman–Crippen LogP) is -2.59. The van der Waals surface area contributed by atoms with E-state index in [1.54, 1.807) is 0 Å². The molecule has 0 aromatic carbocycles. The van der Waals surface area contributed by atoms with Gasteiger partial charge in [-0.05, 0) is 38.6 Å². The van der Waals surface area contributed by atoms with Crippen molar-refractivity contribution in [2.75, 3.05) is 25.4 Å². The van der Waals surface area contributed by atoms with Crippen molar-refractivity contribution in [1.29, 1.82) is 0 Å². The number of carboxylic acids is 1. The van der Waals surface area contributed by atoms with Gasteiger partial charge in [0, 0.05) is 12.3 Å². The summed E-state index contributed by atoms with van der Waals surface area (Å²) in [4.78, 5) is 50.0. The number of unbranched alkanes of at least 4 members (excludes halogenated alkanes) is 1. The molecule has 3 amide bonds. The van der Waals surface area contributed by atoms with Gasteiger partial charge in [-0.2, -0.15) is 12.6 Å². The Kier molecular flexibility index (Phi) is 10.9. The zero-order valence-corrected chi connectivity index (χ0v) is 17.1. The second kappa shape index (κ2) is 12.6. The second-order valence-electron chi connectivity index (χ2n) is 6.91. The highest BCUT2D eigenvalue weighted by Gasteiger charge is 2.37. The molecule has 1 heterocycles. The molecule has 0 aromatic heterocycles. The third-order valence-corrected chi connectivity index (χ3v) is 5.09. The summed E-state index contributed by atoms with van der Waals surface area (Å²) < 4.78 is 0. The van der Waals surface area contributed by atoms with Gasteiger partial charge < -0.3 is 37.2 Å². The fourth-order valence-electron chi connectivity index (χ4n) is 3.08. The van der Waals surface area contributed by atoms with Gasteiger partial charge in [0.2, 0.25) is 17.7 Å². The van der Waals surface area contributed by atoms with Gasteiger partial charge in [0.15, 0.2) is 0 Å². The number of likely N-dealkylation sites (tertiary alicyclic amines) is 1. The van der Waals surface area contributed by atoms with E-state index in [1.807, 2.05) is 0 Å². The number of carbonyl (C=O) groups excluding carboxylic acids is 3. The quantitative estimate of drug-likeness (QED) is 0.129. The first kappa shape index (κ1) is 25.1. The van der Waals surface area contributed by atoms with E-state index in [0.717, 1.165) is 0 Å². The van der Waals surface area contributed by atoms with Crippen LogP contribution in [0.2, 0.25) is 0 Å². The molecule has 4 atom stereocenters. The van der Waals surface area contributed by atoms with Crippen LogP contribution in [0.1, 0.15) is 32.1 Å². The molecule has 29 heavy (non-hydrogen) atoms. The van der Waals surface area contributed by atoms with Crippen molar-refractivity contribution >= 4 is 36.3 Å². The van der Waals surface area contributed by atoms with Gasteiger partial charge in [0.25, 0.3) is 0 Å². The summed E-state index contributed by atoms with van der Waals surface area (Å²) in [5.74, 6) is -3.03. The van der Waals surface area contributed by atoms with E-state index in [-0.39, 0.29) is 12.2 Å². The lowest BCUT2D eigenvalue weighted by Gasteiger charge is -2.28. The van der Waals surface area contributed by atoms with Gasteiger partial charge in [-0.15, -0.1) is 0 Å². The van der Waals surface area contributed by atoms with Gasteiger partial charge in [0.1, 0.15) is 24.2 Å². The highest BCUT2D eigenvalue weighted by atomic mass is 32.1. The van der Waals surface area contributed by atoms with Crippen molar-refractivity contribution in [3.05, 3.63) is 0 Å². The molecule has 12 heteroatoms. The van der Waals surface area contributed by atoms with Gasteiger partial charge >= 0.3 is 5.97 Å². The molecule has 0 aliphatic carbocycles. The van der Waals surface area contributed by atoms with Gasteiger partial charge in [-0.1, -0.05) is 0 Å². The number of hydrogen-bond acceptors (Lipinski definition) is 8. The Morgan fingerprint density at radius 3 is 2.41 bits per heavy atom. The number of aliphatic carboxylic acids is 1. The van der Waals surface area contributed by atoms with Crippen molar-refractivity contribution in [3.63, 3.8) is 0 Å². The first-order chi connectivity index (χ1) is 13.8. The summed E-state index contributed by atoms with van der Waals surface area (Å²) >= 11 is 3.91. The summed E-state index contributed by atoms with van der Waals surface area (Å²) in [6.45, 7) is 0.212. The minimum Gasteiger partial charge on any atom is -0.480 e. The zero-order valence-electron chi connectivity index (χ0n) is 16.2. The topological polar surface area (TPSA) is 188 Å². The van der Waals surface area contributed by atoms with Crippen molar-refractivity contribution in [1.82, 2.24) is 15.5 Å². The van der Waals surface area contributed by atoms with Crippen LogP contribution in [0.15, 0.2) is 0 Å². The van der Waals surface area contributed by atoms with E-state index in [1.165, 1.54) is 4.90 Å². The van der Waals surface area contributed by atoms with Crippen LogP contribution in [0.5, 0.6) is 0 Å². The molecule has 0 saturated carbocycles. The van der Waals surface area contributed by atoms with Crippen LogP contribution in [0.4, 0.5) is 0 Å². The number of thiol groups is 1. The standard InChI is InChI=1S/C17H31N5O6S/c18-6-2-1-4-11(14(24)21-12(9-29)17(27)28)20-15(25)13-5-3-7-22(13)16(26)10(19)8-23/h10-13,23,29H,1-9,18-19H2,(H,20,25)(H,21,24)(H,27,28). The minimum atomic E-state index is -1.23. The molecule has 8 N–H and O–H groups in total. The van der Waals surface area contributed by atoms with E-state index in [4.69, 9.17) is 21.7 Å². The van der Waals surface area contributed by atoms with E-state index >= 15 is 0 Å². The highest BCUT2D eigenvalue weighted by Crippen LogP contribution is 2.19. The van der Waals surface area contributed by atoms with Gasteiger partial charge in [-0.25, -0.2) is 4.79 Å². The first-order valence-corrected chi connectivity index (χ1v) is 10.2. The third kappa shape index (κ3) is 7.46. The number of nitrogens with one attached hydrogen (secondary N) is 2.